The second-order valence-corrected chi connectivity index (χ2v) is 13.4. The Labute approximate surface area is 245 Å². The van der Waals surface area contributed by atoms with E-state index in [9.17, 15) is 0 Å². The topological polar surface area (TPSA) is 13.0 Å². The van der Waals surface area contributed by atoms with E-state index >= 15 is 0 Å². The molecule has 0 amide bonds. The van der Waals surface area contributed by atoms with Crippen molar-refractivity contribution < 1.29 is 0 Å². The Kier molecular flexibility index (Phi) is 8.27. The number of hydrogen-bond donors (Lipinski definition) is 0. The minimum absolute atomic E-state index is 0.186. The van der Waals surface area contributed by atoms with E-state index in [1.54, 1.807) is 0 Å². The summed E-state index contributed by atoms with van der Waals surface area (Å²) in [6, 6.07) is 14.8. The second-order valence-electron chi connectivity index (χ2n) is 13.4. The van der Waals surface area contributed by atoms with Gasteiger partial charge in [-0.3, -0.25) is 0 Å². The van der Waals surface area contributed by atoms with Gasteiger partial charge in [0.2, 0.25) is 6.71 Å². The Hall–Kier alpha value is -3.08. The van der Waals surface area contributed by atoms with Gasteiger partial charge in [0.25, 0.3) is 0 Å². The highest BCUT2D eigenvalue weighted by molar-refractivity contribution is 6.99. The van der Waals surface area contributed by atoms with Crippen LogP contribution >= 0.6 is 0 Å². The van der Waals surface area contributed by atoms with Crippen LogP contribution in [0.1, 0.15) is 76.0 Å². The molecule has 0 aromatic heterocycles. The molecule has 0 N–H and O–H groups in total. The summed E-state index contributed by atoms with van der Waals surface area (Å²) in [7, 11) is 17.3. The first-order valence-electron chi connectivity index (χ1n) is 14.9. The zero-order valence-electron chi connectivity index (χ0n) is 27.6. The average Bonchev–Trinajstić information content (AvgIpc) is 3.18. The molecule has 0 unspecified atom stereocenters. The Morgan fingerprint density at radius 2 is 0.775 bits per heavy atom. The van der Waals surface area contributed by atoms with Crippen LogP contribution in [-0.2, 0) is 0 Å². The summed E-state index contributed by atoms with van der Waals surface area (Å²) in [5.41, 5.74) is 16.5. The highest BCUT2D eigenvalue weighted by Crippen LogP contribution is 2.39. The molecule has 0 saturated heterocycles. The molecule has 3 aromatic carbocycles. The van der Waals surface area contributed by atoms with Gasteiger partial charge in [-0.15, -0.1) is 0 Å². The van der Waals surface area contributed by atoms with Crippen LogP contribution in [0.15, 0.2) is 36.4 Å². The predicted molar refractivity (Wildman–Crippen MR) is 183 cm³/mol. The molecule has 0 spiro atoms. The monoisotopic (exact) mass is 538 g/mol. The molecule has 1 aliphatic rings. The Bertz CT molecular complexity index is 1300. The van der Waals surface area contributed by atoms with Crippen LogP contribution in [-0.4, -0.2) is 63.1 Å². The van der Waals surface area contributed by atoms with Crippen LogP contribution in [0, 0.1) is 0 Å². The van der Waals surface area contributed by atoms with Crippen molar-refractivity contribution in [2.24, 2.45) is 0 Å². The maximum atomic E-state index is 2.51. The van der Waals surface area contributed by atoms with Crippen molar-refractivity contribution in [2.75, 3.05) is 76.0 Å². The molecule has 1 aliphatic heterocycles. The van der Waals surface area contributed by atoms with Crippen LogP contribution in [0.3, 0.4) is 0 Å². The number of hydrogen-bond acceptors (Lipinski definition) is 4. The summed E-state index contributed by atoms with van der Waals surface area (Å²) in [5, 5.41) is 0. The van der Waals surface area contributed by atoms with Gasteiger partial charge in [0, 0.05) is 56.4 Å². The van der Waals surface area contributed by atoms with Crippen LogP contribution in [0.5, 0.6) is 0 Å². The van der Waals surface area contributed by atoms with Gasteiger partial charge in [-0.25, -0.2) is 0 Å². The first-order chi connectivity index (χ1) is 18.6. The van der Waals surface area contributed by atoms with Crippen molar-refractivity contribution in [2.45, 2.75) is 59.3 Å². The number of anilines is 4. The molecule has 0 fully saturated rings. The van der Waals surface area contributed by atoms with E-state index in [1.165, 1.54) is 67.0 Å². The third-order valence-electron chi connectivity index (χ3n) is 8.60. The van der Waals surface area contributed by atoms with Crippen LogP contribution in [0.25, 0.3) is 11.1 Å². The van der Waals surface area contributed by atoms with Crippen molar-refractivity contribution in [1.82, 2.24) is 0 Å². The zero-order valence-corrected chi connectivity index (χ0v) is 27.6. The predicted octanol–water partition coefficient (Wildman–Crippen LogP) is 5.82. The van der Waals surface area contributed by atoms with E-state index in [1.807, 2.05) is 0 Å². The van der Waals surface area contributed by atoms with Gasteiger partial charge in [0.15, 0.2) is 0 Å². The van der Waals surface area contributed by atoms with Gasteiger partial charge in [-0.2, -0.15) is 0 Å². The summed E-state index contributed by atoms with van der Waals surface area (Å²) < 4.78 is 0. The maximum absolute atomic E-state index is 2.51. The van der Waals surface area contributed by atoms with E-state index in [2.05, 4.69) is 154 Å². The van der Waals surface area contributed by atoms with Crippen LogP contribution in [0.2, 0.25) is 0 Å². The number of rotatable bonds is 8. The van der Waals surface area contributed by atoms with E-state index in [0.717, 1.165) is 0 Å². The summed E-state index contributed by atoms with van der Waals surface area (Å²) in [6.45, 7) is 14.3. The summed E-state index contributed by atoms with van der Waals surface area (Å²) >= 11 is 0. The normalized spacial score (nSPS) is 12.4. The lowest BCUT2D eigenvalue weighted by atomic mass is 9.36. The lowest BCUT2D eigenvalue weighted by molar-refractivity contribution is 0.812. The minimum atomic E-state index is 0.186. The van der Waals surface area contributed by atoms with E-state index in [0.29, 0.717) is 17.8 Å². The first-order valence-corrected chi connectivity index (χ1v) is 14.9. The van der Waals surface area contributed by atoms with Gasteiger partial charge in [-0.1, -0.05) is 70.1 Å². The molecule has 4 nitrogen and oxygen atoms in total. The van der Waals surface area contributed by atoms with Crippen molar-refractivity contribution >= 4 is 45.9 Å². The molecular weight excluding hydrogens is 487 g/mol. The molecule has 0 bridgehead atoms. The molecule has 1 heterocycles. The van der Waals surface area contributed by atoms with Crippen LogP contribution in [0.4, 0.5) is 22.7 Å². The fourth-order valence-corrected chi connectivity index (χ4v) is 6.39. The fraction of sp³-hybridized carbons (Fsp3) is 0.486. The third-order valence-corrected chi connectivity index (χ3v) is 8.60. The largest absolute Gasteiger partial charge is 0.376 e. The van der Waals surface area contributed by atoms with Gasteiger partial charge in [0.05, 0.1) is 22.7 Å². The Morgan fingerprint density at radius 1 is 0.450 bits per heavy atom. The summed E-state index contributed by atoms with van der Waals surface area (Å²) in [6.07, 6.45) is 0. The van der Waals surface area contributed by atoms with Crippen molar-refractivity contribution in [3.05, 3.63) is 53.1 Å². The van der Waals surface area contributed by atoms with E-state index in [4.69, 9.17) is 0 Å². The lowest BCUT2D eigenvalue weighted by Gasteiger charge is -2.28. The second kappa shape index (κ2) is 11.1. The van der Waals surface area contributed by atoms with Gasteiger partial charge < -0.3 is 19.6 Å². The number of nitrogens with zero attached hydrogens (tertiary/aromatic N) is 4. The van der Waals surface area contributed by atoms with Gasteiger partial charge in [-0.05, 0) is 69.8 Å². The smallest absolute Gasteiger partial charge is 0.243 e. The molecule has 0 radical (unpaired) electrons. The molecule has 4 rings (SSSR count). The highest BCUT2D eigenvalue weighted by Gasteiger charge is 2.39. The molecule has 3 aromatic rings. The maximum Gasteiger partial charge on any atom is 0.243 e. The molecule has 0 atom stereocenters. The molecular formula is C35H51BN4. The molecule has 5 heteroatoms. The van der Waals surface area contributed by atoms with Gasteiger partial charge >= 0.3 is 0 Å². The summed E-state index contributed by atoms with van der Waals surface area (Å²) in [4.78, 5) is 9.03. The number of fused-ring (bicyclic) bond motifs is 3. The average molecular weight is 539 g/mol. The van der Waals surface area contributed by atoms with Gasteiger partial charge in [0.1, 0.15) is 0 Å². The van der Waals surface area contributed by atoms with Crippen molar-refractivity contribution in [1.29, 1.82) is 0 Å². The quantitative estimate of drug-likeness (QED) is 0.262. The third kappa shape index (κ3) is 5.08. The van der Waals surface area contributed by atoms with Crippen molar-refractivity contribution in [3.63, 3.8) is 0 Å². The van der Waals surface area contributed by atoms with E-state index in [-0.39, 0.29) is 6.71 Å². The molecule has 40 heavy (non-hydrogen) atoms. The standard InChI is InChI=1S/C35H51BN4/c1-21(2)24-15-25(22(3)4)35(26(16-24)23(5)6)36-29-19-33(39(11)12)31(37(7)8)17-27(29)28-18-32(38(9)10)34(40(13)14)20-30(28)36/h15-23H,1-14H3. The Balaban J connectivity index is 2.20. The first kappa shape index (κ1) is 29.9. The fourth-order valence-electron chi connectivity index (χ4n) is 6.39. The SMILES string of the molecule is CC(C)c1cc(C(C)C)c(B2c3cc(N(C)C)c(N(C)C)cc3-c3cc(N(C)C)c(N(C)C)cc32)c(C(C)C)c1. The van der Waals surface area contributed by atoms with Crippen molar-refractivity contribution in [3.8, 4) is 11.1 Å². The Morgan fingerprint density at radius 3 is 1.05 bits per heavy atom. The van der Waals surface area contributed by atoms with Crippen LogP contribution < -0.4 is 36.0 Å². The lowest BCUT2D eigenvalue weighted by Crippen LogP contribution is -2.52. The molecule has 0 saturated carbocycles. The minimum Gasteiger partial charge on any atom is -0.376 e. The highest BCUT2D eigenvalue weighted by atomic mass is 15.1. The molecule has 214 valence electrons. The zero-order chi connectivity index (χ0) is 29.8. The molecule has 0 aliphatic carbocycles. The van der Waals surface area contributed by atoms with E-state index < -0.39 is 0 Å². The summed E-state index contributed by atoms with van der Waals surface area (Å²) in [5.74, 6) is 1.36. The number of benzene rings is 3.